The molecule has 0 fully saturated rings. The predicted octanol–water partition coefficient (Wildman–Crippen LogP) is 1.87. The molecule has 1 N–H and O–H groups in total. The van der Waals surface area contributed by atoms with Gasteiger partial charge in [-0.2, -0.15) is 0 Å². The van der Waals surface area contributed by atoms with Crippen molar-refractivity contribution in [2.45, 2.75) is 26.3 Å². The second kappa shape index (κ2) is 7.22. The molecule has 3 aromatic rings. The molecule has 28 heavy (non-hydrogen) atoms. The van der Waals surface area contributed by atoms with Crippen LogP contribution in [-0.4, -0.2) is 32.9 Å². The summed E-state index contributed by atoms with van der Waals surface area (Å²) in [6.07, 6.45) is 4.92. The Morgan fingerprint density at radius 3 is 2.96 bits per heavy atom. The minimum atomic E-state index is -0.179. The Hall–Kier alpha value is -3.55. The van der Waals surface area contributed by atoms with Crippen molar-refractivity contribution in [2.75, 3.05) is 16.8 Å². The van der Waals surface area contributed by atoms with Gasteiger partial charge >= 0.3 is 0 Å². The molecule has 1 aliphatic heterocycles. The highest BCUT2D eigenvalue weighted by Gasteiger charge is 2.24. The summed E-state index contributed by atoms with van der Waals surface area (Å²) in [6.45, 7) is 2.39. The number of pyridine rings is 1. The summed E-state index contributed by atoms with van der Waals surface area (Å²) < 4.78 is 1.45. The Morgan fingerprint density at radius 2 is 2.11 bits per heavy atom. The minimum Gasteiger partial charge on any atom is -0.324 e. The van der Waals surface area contributed by atoms with E-state index in [9.17, 15) is 14.4 Å². The molecule has 4 rings (SSSR count). The van der Waals surface area contributed by atoms with Crippen molar-refractivity contribution in [1.82, 2.24) is 14.5 Å². The van der Waals surface area contributed by atoms with Crippen LogP contribution in [-0.2, 0) is 16.1 Å². The molecule has 0 radical (unpaired) electrons. The van der Waals surface area contributed by atoms with Crippen LogP contribution in [0.1, 0.15) is 18.4 Å². The molecule has 2 amide bonds. The largest absolute Gasteiger partial charge is 0.324 e. The van der Waals surface area contributed by atoms with Crippen molar-refractivity contribution >= 4 is 34.1 Å². The molecular weight excluding hydrogens is 358 g/mol. The van der Waals surface area contributed by atoms with Crippen LogP contribution >= 0.6 is 0 Å². The summed E-state index contributed by atoms with van der Waals surface area (Å²) in [7, 11) is 0. The number of nitrogens with zero attached hydrogens (tertiary/aromatic N) is 4. The van der Waals surface area contributed by atoms with Crippen molar-refractivity contribution in [1.29, 1.82) is 0 Å². The van der Waals surface area contributed by atoms with Gasteiger partial charge in [-0.15, -0.1) is 0 Å². The molecule has 0 aliphatic carbocycles. The first-order valence-corrected chi connectivity index (χ1v) is 9.03. The summed E-state index contributed by atoms with van der Waals surface area (Å²) >= 11 is 0. The first-order valence-electron chi connectivity index (χ1n) is 9.03. The fraction of sp³-hybridized carbons (Fsp3) is 0.250. The minimum absolute atomic E-state index is 0.113. The monoisotopic (exact) mass is 377 g/mol. The number of aromatic nitrogens is 3. The molecule has 8 heteroatoms. The van der Waals surface area contributed by atoms with E-state index in [2.05, 4.69) is 15.3 Å². The van der Waals surface area contributed by atoms with Gasteiger partial charge in [0.1, 0.15) is 0 Å². The second-order valence-electron chi connectivity index (χ2n) is 6.70. The molecule has 1 aromatic carbocycles. The number of carbonyl (C=O) groups excluding carboxylic acids is 2. The zero-order valence-electron chi connectivity index (χ0n) is 15.4. The van der Waals surface area contributed by atoms with E-state index in [1.165, 1.54) is 10.9 Å². The van der Waals surface area contributed by atoms with E-state index in [4.69, 9.17) is 0 Å². The SMILES string of the molecule is Cc1cccc2c(=O)n(CCC(=O)N3CCC(=O)Nc4ccncc43)cnc12. The number of amides is 2. The van der Waals surface area contributed by atoms with Gasteiger partial charge in [0.05, 0.1) is 34.8 Å². The normalized spacial score (nSPS) is 13.8. The van der Waals surface area contributed by atoms with Gasteiger partial charge in [-0.3, -0.25) is 23.9 Å². The molecule has 0 saturated carbocycles. The molecule has 142 valence electrons. The lowest BCUT2D eigenvalue weighted by molar-refractivity contribution is -0.119. The molecule has 0 atom stereocenters. The van der Waals surface area contributed by atoms with Crippen LogP contribution in [0, 0.1) is 6.92 Å². The van der Waals surface area contributed by atoms with Crippen LogP contribution in [0.2, 0.25) is 0 Å². The van der Waals surface area contributed by atoms with Crippen molar-refractivity contribution in [2.24, 2.45) is 0 Å². The van der Waals surface area contributed by atoms with Crippen LogP contribution in [0.4, 0.5) is 11.4 Å². The van der Waals surface area contributed by atoms with E-state index in [1.807, 2.05) is 19.1 Å². The highest BCUT2D eigenvalue weighted by atomic mass is 16.2. The lowest BCUT2D eigenvalue weighted by Gasteiger charge is -2.21. The summed E-state index contributed by atoms with van der Waals surface area (Å²) in [5.74, 6) is -0.324. The standard InChI is InChI=1S/C20H19N5O3/c1-13-3-2-4-14-19(13)22-12-24(20(14)28)9-7-18(27)25-10-6-17(26)23-15-5-8-21-11-16(15)25/h2-5,8,11-12H,6-7,9-10H2,1H3,(H,23,26). The zero-order chi connectivity index (χ0) is 19.7. The van der Waals surface area contributed by atoms with Gasteiger partial charge in [0.15, 0.2) is 0 Å². The van der Waals surface area contributed by atoms with E-state index >= 15 is 0 Å². The molecule has 0 unspecified atom stereocenters. The highest BCUT2D eigenvalue weighted by Crippen LogP contribution is 2.28. The number of carbonyl (C=O) groups is 2. The van der Waals surface area contributed by atoms with E-state index in [1.54, 1.807) is 29.4 Å². The fourth-order valence-electron chi connectivity index (χ4n) is 3.36. The summed E-state index contributed by atoms with van der Waals surface area (Å²) in [4.78, 5) is 47.4. The smallest absolute Gasteiger partial charge is 0.261 e. The highest BCUT2D eigenvalue weighted by molar-refractivity contribution is 6.03. The van der Waals surface area contributed by atoms with E-state index in [0.717, 1.165) is 5.56 Å². The zero-order valence-corrected chi connectivity index (χ0v) is 15.4. The lowest BCUT2D eigenvalue weighted by Crippen LogP contribution is -2.33. The summed E-state index contributed by atoms with van der Waals surface area (Å²) in [5, 5.41) is 3.31. The van der Waals surface area contributed by atoms with Crippen LogP contribution < -0.4 is 15.8 Å². The lowest BCUT2D eigenvalue weighted by atomic mass is 10.1. The number of para-hydroxylation sites is 1. The molecular formula is C20H19N5O3. The molecule has 0 spiro atoms. The maximum absolute atomic E-state index is 12.8. The van der Waals surface area contributed by atoms with Crippen LogP contribution in [0.15, 0.2) is 47.8 Å². The Kier molecular flexibility index (Phi) is 4.60. The second-order valence-corrected chi connectivity index (χ2v) is 6.70. The number of aryl methyl sites for hydroxylation is 2. The van der Waals surface area contributed by atoms with E-state index in [-0.39, 0.29) is 43.3 Å². The van der Waals surface area contributed by atoms with Crippen LogP contribution in [0.25, 0.3) is 10.9 Å². The van der Waals surface area contributed by atoms with Crippen LogP contribution in [0.5, 0.6) is 0 Å². The molecule has 0 saturated heterocycles. The van der Waals surface area contributed by atoms with E-state index < -0.39 is 0 Å². The number of benzene rings is 1. The third-order valence-corrected chi connectivity index (χ3v) is 4.85. The maximum atomic E-state index is 12.8. The first-order chi connectivity index (χ1) is 13.5. The Balaban J connectivity index is 1.57. The molecule has 8 nitrogen and oxygen atoms in total. The average Bonchev–Trinajstić information content (AvgIpc) is 2.86. The fourth-order valence-corrected chi connectivity index (χ4v) is 3.36. The predicted molar refractivity (Wildman–Crippen MR) is 105 cm³/mol. The molecule has 0 bridgehead atoms. The van der Waals surface area contributed by atoms with Gasteiger partial charge in [0.2, 0.25) is 11.8 Å². The Morgan fingerprint density at radius 1 is 1.25 bits per heavy atom. The Labute approximate surface area is 160 Å². The van der Waals surface area contributed by atoms with Gasteiger partial charge in [-0.25, -0.2) is 4.98 Å². The molecule has 3 heterocycles. The summed E-state index contributed by atoms with van der Waals surface area (Å²) in [5.41, 5.74) is 2.57. The third-order valence-electron chi connectivity index (χ3n) is 4.85. The van der Waals surface area contributed by atoms with Crippen molar-refractivity contribution in [3.05, 3.63) is 58.9 Å². The van der Waals surface area contributed by atoms with Gasteiger partial charge in [0.25, 0.3) is 5.56 Å². The number of anilines is 2. The van der Waals surface area contributed by atoms with Crippen molar-refractivity contribution in [3.8, 4) is 0 Å². The first kappa shape index (κ1) is 17.8. The number of hydrogen-bond acceptors (Lipinski definition) is 5. The summed E-state index contributed by atoms with van der Waals surface area (Å²) in [6, 6.07) is 7.13. The number of nitrogens with one attached hydrogen (secondary N) is 1. The van der Waals surface area contributed by atoms with Crippen molar-refractivity contribution < 1.29 is 9.59 Å². The quantitative estimate of drug-likeness (QED) is 0.751. The average molecular weight is 377 g/mol. The maximum Gasteiger partial charge on any atom is 0.261 e. The van der Waals surface area contributed by atoms with E-state index in [0.29, 0.717) is 22.3 Å². The van der Waals surface area contributed by atoms with Gasteiger partial charge in [-0.1, -0.05) is 12.1 Å². The van der Waals surface area contributed by atoms with Gasteiger partial charge in [-0.05, 0) is 24.6 Å². The number of rotatable bonds is 3. The topological polar surface area (TPSA) is 97.2 Å². The molecule has 2 aromatic heterocycles. The molecule has 1 aliphatic rings. The number of hydrogen-bond donors (Lipinski definition) is 1. The Bertz CT molecular complexity index is 1140. The van der Waals surface area contributed by atoms with Crippen LogP contribution in [0.3, 0.4) is 0 Å². The third kappa shape index (κ3) is 3.24. The number of fused-ring (bicyclic) bond motifs is 2. The van der Waals surface area contributed by atoms with Gasteiger partial charge < -0.3 is 10.2 Å². The van der Waals surface area contributed by atoms with Crippen molar-refractivity contribution in [3.63, 3.8) is 0 Å². The van der Waals surface area contributed by atoms with Gasteiger partial charge in [0, 0.05) is 32.1 Å².